The van der Waals surface area contributed by atoms with Gasteiger partial charge in [0, 0.05) is 0 Å². The molecule has 0 aliphatic rings. The molecule has 0 aromatic heterocycles. The third-order valence-electron chi connectivity index (χ3n) is 0. The Labute approximate surface area is 104 Å². The molecule has 0 radical (unpaired) electrons. The van der Waals surface area contributed by atoms with Gasteiger partial charge in [0.25, 0.3) is 0 Å². The van der Waals surface area contributed by atoms with Gasteiger partial charge in [-0.3, -0.25) is 0 Å². The Morgan fingerprint density at radius 2 is 1.25 bits per heavy atom. The van der Waals surface area contributed by atoms with Crippen LogP contribution in [0.5, 0.6) is 0 Å². The van der Waals surface area contributed by atoms with Crippen LogP contribution in [0.2, 0.25) is 0 Å². The predicted molar refractivity (Wildman–Crippen MR) is 17.8 cm³/mol. The average molecular weight is 196 g/mol. The fourth-order valence-corrected chi connectivity index (χ4v) is 0. The summed E-state index contributed by atoms with van der Waals surface area (Å²) in [6.45, 7) is 0. The van der Waals surface area contributed by atoms with Crippen molar-refractivity contribution in [3.8, 4) is 0 Å². The Hall–Kier alpha value is 3.25. The zero-order valence-electron chi connectivity index (χ0n) is 0.908. The quantitative estimate of drug-likeness (QED) is 0.411. The van der Waals surface area contributed by atoms with Crippen LogP contribution in [0.25, 0.3) is 0 Å². The zero-order chi connectivity index (χ0) is 2.00. The Morgan fingerprint density at radius 3 is 1.25 bits per heavy atom. The molecule has 4 heteroatoms. The Kier molecular flexibility index (Phi) is 63.9. The van der Waals surface area contributed by atoms with Crippen LogP contribution in [0.1, 0.15) is 0 Å². The third kappa shape index (κ3) is 8.98. The first-order chi connectivity index (χ1) is 1.00. The molecule has 0 unspecified atom stereocenters. The summed E-state index contributed by atoms with van der Waals surface area (Å²) < 4.78 is 8.25. The summed E-state index contributed by atoms with van der Waals surface area (Å²) in [5.41, 5.74) is 0. The Balaban J connectivity index is -0.00000000500. The Morgan fingerprint density at radius 1 is 1.25 bits per heavy atom. The van der Waals surface area contributed by atoms with Gasteiger partial charge in [0.05, 0.1) is 0 Å². The SMILES string of the molecule is [CaH2].[O]=[Ti].[SrH2]. The van der Waals surface area contributed by atoms with Gasteiger partial charge in [-0.05, 0) is 0 Å². The molecule has 0 aliphatic heterocycles. The monoisotopic (exact) mass is 196 g/mol. The van der Waals surface area contributed by atoms with Crippen molar-refractivity contribution in [1.29, 1.82) is 0 Å². The van der Waals surface area contributed by atoms with Crippen molar-refractivity contribution < 1.29 is 23.7 Å². The van der Waals surface area contributed by atoms with E-state index in [1.165, 1.54) is 0 Å². The molecule has 0 N–H and O–H groups in total. The summed E-state index contributed by atoms with van der Waals surface area (Å²) >= 11 is 0.750. The number of hydrogen-bond donors (Lipinski definition) is 0. The summed E-state index contributed by atoms with van der Waals surface area (Å²) in [6, 6.07) is 0. The van der Waals surface area contributed by atoms with Crippen LogP contribution in [-0.2, 0) is 23.7 Å². The second kappa shape index (κ2) is 16.3. The van der Waals surface area contributed by atoms with Gasteiger partial charge >= 0.3 is 107 Å². The van der Waals surface area contributed by atoms with Gasteiger partial charge < -0.3 is 0 Å². The second-order valence-corrected chi connectivity index (χ2v) is 0. The molecule has 4 heavy (non-hydrogen) atoms. The zero-order valence-corrected chi connectivity index (χ0v) is 2.47. The molecule has 0 fully saturated rings. The van der Waals surface area contributed by atoms with Gasteiger partial charge in [-0.15, -0.1) is 0 Å². The molecule has 1 nitrogen and oxygen atoms in total. The van der Waals surface area contributed by atoms with Gasteiger partial charge in [-0.2, -0.15) is 0 Å². The molecular formula is H4CaOSrTi. The minimum absolute atomic E-state index is 0. The fourth-order valence-electron chi connectivity index (χ4n) is 0. The summed E-state index contributed by atoms with van der Waals surface area (Å²) in [5, 5.41) is 0. The van der Waals surface area contributed by atoms with E-state index in [0.717, 1.165) is 20.4 Å². The number of rotatable bonds is 0. The second-order valence-electron chi connectivity index (χ2n) is 0. The van der Waals surface area contributed by atoms with Crippen molar-refractivity contribution in [3.05, 3.63) is 0 Å². The molecule has 0 aromatic rings. The first-order valence-corrected chi connectivity index (χ1v) is 0.842. The molecule has 0 heterocycles. The van der Waals surface area contributed by atoms with Crippen LogP contribution in [0, 0.1) is 0 Å². The summed E-state index contributed by atoms with van der Waals surface area (Å²) in [6.07, 6.45) is 0. The van der Waals surface area contributed by atoms with E-state index >= 15 is 0 Å². The normalized spacial score (nSPS) is 0.750. The molecule has 0 rings (SSSR count). The molecule has 0 saturated carbocycles. The van der Waals surface area contributed by atoms with Crippen LogP contribution < -0.4 is 0 Å². The van der Waals surface area contributed by atoms with E-state index in [1.807, 2.05) is 0 Å². The standard InChI is InChI=1S/Ca.O.Sr.Ti.4H. The maximum atomic E-state index is 8.25. The summed E-state index contributed by atoms with van der Waals surface area (Å²) in [7, 11) is 0. The molecule has 18 valence electrons. The number of hydrogen-bond acceptors (Lipinski definition) is 1. The molecule has 0 bridgehead atoms. The third-order valence-corrected chi connectivity index (χ3v) is 0. The van der Waals surface area contributed by atoms with Crippen LogP contribution in [0.4, 0.5) is 0 Å². The summed E-state index contributed by atoms with van der Waals surface area (Å²) in [4.78, 5) is 0. The van der Waals surface area contributed by atoms with Crippen molar-refractivity contribution in [1.82, 2.24) is 0 Å². The molecule has 0 spiro atoms. The molecule has 0 saturated heterocycles. The van der Waals surface area contributed by atoms with E-state index in [0.29, 0.717) is 0 Å². The molecule has 0 aliphatic carbocycles. The van der Waals surface area contributed by atoms with Crippen LogP contribution in [-0.4, -0.2) is 83.2 Å². The molecule has 0 amide bonds. The van der Waals surface area contributed by atoms with Crippen LogP contribution in [0.3, 0.4) is 0 Å². The molecule has 0 aromatic carbocycles. The van der Waals surface area contributed by atoms with Gasteiger partial charge in [0.15, 0.2) is 0 Å². The van der Waals surface area contributed by atoms with Crippen LogP contribution in [0.15, 0.2) is 0 Å². The first-order valence-electron chi connectivity index (χ1n) is 0.204. The van der Waals surface area contributed by atoms with Crippen molar-refractivity contribution in [3.63, 3.8) is 0 Å². The van der Waals surface area contributed by atoms with Gasteiger partial charge in [-0.1, -0.05) is 0 Å². The first kappa shape index (κ1) is 15.7. The Bertz CT molecular complexity index is 8.00. The fraction of sp³-hybridized carbons (Fsp3) is 0. The van der Waals surface area contributed by atoms with Gasteiger partial charge in [-0.25, -0.2) is 0 Å². The average Bonchev–Trinajstić information content (AvgIpc) is 1.00. The molecule has 0 atom stereocenters. The van der Waals surface area contributed by atoms with Gasteiger partial charge in [0.1, 0.15) is 0 Å². The van der Waals surface area contributed by atoms with E-state index < -0.39 is 0 Å². The van der Waals surface area contributed by atoms with Gasteiger partial charge in [0.2, 0.25) is 0 Å². The minimum atomic E-state index is 0. The maximum absolute atomic E-state index is 8.25. The molecular weight excluding hydrogens is 192 g/mol. The van der Waals surface area contributed by atoms with E-state index in [9.17, 15) is 0 Å². The van der Waals surface area contributed by atoms with E-state index in [2.05, 4.69) is 0 Å². The van der Waals surface area contributed by atoms with Crippen molar-refractivity contribution in [2.45, 2.75) is 0 Å². The summed E-state index contributed by atoms with van der Waals surface area (Å²) in [5.74, 6) is 0. The predicted octanol–water partition coefficient (Wildman–Crippen LogP) is -1.95. The van der Waals surface area contributed by atoms with Crippen molar-refractivity contribution >= 4 is 83.2 Å². The van der Waals surface area contributed by atoms with E-state index in [4.69, 9.17) is 3.32 Å². The van der Waals surface area contributed by atoms with Crippen molar-refractivity contribution in [2.75, 3.05) is 0 Å². The van der Waals surface area contributed by atoms with E-state index in [1.54, 1.807) is 0 Å². The van der Waals surface area contributed by atoms with Crippen LogP contribution >= 0.6 is 0 Å². The topological polar surface area (TPSA) is 17.1 Å². The van der Waals surface area contributed by atoms with Crippen molar-refractivity contribution in [2.24, 2.45) is 0 Å². The van der Waals surface area contributed by atoms with E-state index in [-0.39, 0.29) is 83.2 Å².